The minimum atomic E-state index is 0.522. The zero-order chi connectivity index (χ0) is 18.6. The van der Waals surface area contributed by atoms with E-state index in [9.17, 15) is 0 Å². The molecule has 142 valence electrons. The van der Waals surface area contributed by atoms with Crippen LogP contribution in [0, 0.1) is 6.92 Å². The van der Waals surface area contributed by atoms with Gasteiger partial charge in [0.15, 0.2) is 5.96 Å². The van der Waals surface area contributed by atoms with E-state index in [1.165, 1.54) is 0 Å². The Kier molecular flexibility index (Phi) is 8.48. The molecular weight excluding hydrogens is 332 g/mol. The van der Waals surface area contributed by atoms with E-state index < -0.39 is 0 Å². The first-order valence-corrected chi connectivity index (χ1v) is 8.85. The lowest BCUT2D eigenvalue weighted by Gasteiger charge is -2.13. The number of aryl methyl sites for hydroxylation is 1. The summed E-state index contributed by atoms with van der Waals surface area (Å²) in [5.41, 5.74) is 3.04. The highest BCUT2D eigenvalue weighted by molar-refractivity contribution is 5.79. The highest BCUT2D eigenvalue weighted by atomic mass is 16.5. The van der Waals surface area contributed by atoms with Crippen molar-refractivity contribution < 1.29 is 14.0 Å². The number of aliphatic imine (C=N–C) groups is 1. The Hall–Kier alpha value is -2.54. The van der Waals surface area contributed by atoms with Gasteiger partial charge >= 0.3 is 0 Å². The number of nitrogens with one attached hydrogen (secondary N) is 2. The van der Waals surface area contributed by atoms with Crippen LogP contribution in [0.1, 0.15) is 30.2 Å². The summed E-state index contributed by atoms with van der Waals surface area (Å²) in [6.45, 7) is 7.25. The van der Waals surface area contributed by atoms with Crippen LogP contribution in [0.3, 0.4) is 0 Å². The Balaban J connectivity index is 1.99. The summed E-state index contributed by atoms with van der Waals surface area (Å²) in [6.07, 6.45) is 2.41. The maximum Gasteiger partial charge on any atom is 0.191 e. The molecule has 2 N–H and O–H groups in total. The molecule has 1 aromatic carbocycles. The molecule has 0 aliphatic carbocycles. The molecule has 0 bridgehead atoms. The second kappa shape index (κ2) is 11.1. The van der Waals surface area contributed by atoms with Crippen molar-refractivity contribution in [2.45, 2.75) is 33.4 Å². The van der Waals surface area contributed by atoms with E-state index in [1.807, 2.05) is 19.1 Å². The average Bonchev–Trinajstić information content (AvgIpc) is 3.16. The van der Waals surface area contributed by atoms with Crippen molar-refractivity contribution in [2.24, 2.45) is 4.99 Å². The van der Waals surface area contributed by atoms with Gasteiger partial charge in [-0.05, 0) is 25.5 Å². The van der Waals surface area contributed by atoms with Crippen LogP contribution in [0.25, 0.3) is 0 Å². The van der Waals surface area contributed by atoms with Crippen LogP contribution >= 0.6 is 0 Å². The molecule has 0 fully saturated rings. The molecule has 0 unspecified atom stereocenters. The highest BCUT2D eigenvalue weighted by Crippen LogP contribution is 2.21. The third-order valence-corrected chi connectivity index (χ3v) is 3.65. The molecule has 0 amide bonds. The fourth-order valence-electron chi connectivity index (χ4n) is 2.32. The summed E-state index contributed by atoms with van der Waals surface area (Å²) in [6, 6.07) is 8.00. The molecule has 7 heteroatoms. The van der Waals surface area contributed by atoms with Gasteiger partial charge in [-0.1, -0.05) is 17.3 Å². The monoisotopic (exact) mass is 360 g/mol. The fourth-order valence-corrected chi connectivity index (χ4v) is 2.32. The number of hydrogen-bond acceptors (Lipinski definition) is 5. The molecule has 7 nitrogen and oxygen atoms in total. The van der Waals surface area contributed by atoms with Gasteiger partial charge in [-0.3, -0.25) is 0 Å². The molecule has 0 aliphatic rings. The Labute approximate surface area is 154 Å². The maximum absolute atomic E-state index is 5.92. The van der Waals surface area contributed by atoms with Crippen LogP contribution in [-0.2, 0) is 17.8 Å². The number of guanidine groups is 1. The lowest BCUT2D eigenvalue weighted by Crippen LogP contribution is -2.36. The third-order valence-electron chi connectivity index (χ3n) is 3.65. The van der Waals surface area contributed by atoms with Crippen LogP contribution in [0.2, 0.25) is 0 Å². The second-order valence-corrected chi connectivity index (χ2v) is 5.85. The lowest BCUT2D eigenvalue weighted by molar-refractivity contribution is 0.172. The summed E-state index contributed by atoms with van der Waals surface area (Å²) in [7, 11) is 1.70. The number of rotatable bonds is 10. The molecule has 0 spiro atoms. The van der Waals surface area contributed by atoms with Gasteiger partial charge in [0.05, 0.1) is 19.7 Å². The summed E-state index contributed by atoms with van der Waals surface area (Å²) in [5, 5.41) is 10.4. The number of methoxy groups -OCH3 is 1. The number of ether oxygens (including phenoxy) is 2. The van der Waals surface area contributed by atoms with Crippen LogP contribution < -0.4 is 15.4 Å². The zero-order valence-corrected chi connectivity index (χ0v) is 15.7. The van der Waals surface area contributed by atoms with E-state index in [0.717, 1.165) is 41.5 Å². The van der Waals surface area contributed by atoms with E-state index in [1.54, 1.807) is 13.4 Å². The predicted octanol–water partition coefficient (Wildman–Crippen LogP) is 2.65. The van der Waals surface area contributed by atoms with Crippen molar-refractivity contribution >= 4 is 5.96 Å². The molecule has 0 aliphatic heterocycles. The van der Waals surface area contributed by atoms with E-state index in [-0.39, 0.29) is 0 Å². The van der Waals surface area contributed by atoms with Crippen molar-refractivity contribution in [2.75, 3.05) is 26.9 Å². The first-order chi connectivity index (χ1) is 12.7. The fraction of sp³-hybridized carbons (Fsp3) is 0.474. The van der Waals surface area contributed by atoms with Crippen molar-refractivity contribution in [3.8, 4) is 5.75 Å². The summed E-state index contributed by atoms with van der Waals surface area (Å²) in [4.78, 5) is 4.65. The van der Waals surface area contributed by atoms with Gasteiger partial charge in [0.25, 0.3) is 0 Å². The Morgan fingerprint density at radius 3 is 2.85 bits per heavy atom. The minimum absolute atomic E-state index is 0.522. The Morgan fingerprint density at radius 2 is 2.12 bits per heavy atom. The highest BCUT2D eigenvalue weighted by Gasteiger charge is 2.06. The van der Waals surface area contributed by atoms with E-state index >= 15 is 0 Å². The largest absolute Gasteiger partial charge is 0.493 e. The van der Waals surface area contributed by atoms with E-state index in [4.69, 9.17) is 14.0 Å². The molecule has 1 aromatic heterocycles. The second-order valence-electron chi connectivity index (χ2n) is 5.85. The Bertz CT molecular complexity index is 671. The minimum Gasteiger partial charge on any atom is -0.493 e. The summed E-state index contributed by atoms with van der Waals surface area (Å²) < 4.78 is 15.8. The van der Waals surface area contributed by atoms with E-state index in [2.05, 4.69) is 39.8 Å². The van der Waals surface area contributed by atoms with Gasteiger partial charge in [0.2, 0.25) is 0 Å². The van der Waals surface area contributed by atoms with Gasteiger partial charge in [-0.15, -0.1) is 0 Å². The normalized spacial score (nSPS) is 11.4. The number of nitrogens with zero attached hydrogens (tertiary/aromatic N) is 2. The van der Waals surface area contributed by atoms with Crippen molar-refractivity contribution in [3.05, 3.63) is 47.3 Å². The average molecular weight is 360 g/mol. The number of hydrogen-bond donors (Lipinski definition) is 2. The lowest BCUT2D eigenvalue weighted by atomic mass is 10.1. The van der Waals surface area contributed by atoms with Gasteiger partial charge in [-0.2, -0.15) is 0 Å². The topological polar surface area (TPSA) is 80.9 Å². The van der Waals surface area contributed by atoms with Crippen LogP contribution in [-0.4, -0.2) is 38.0 Å². The SMILES string of the molecule is CCNC(=NCc1ccc(C)cc1OCCCOC)NCc1ccon1. The molecule has 2 aromatic rings. The first kappa shape index (κ1) is 19.8. The predicted molar refractivity (Wildman–Crippen MR) is 101 cm³/mol. The standard InChI is InChI=1S/C19H28N4O3/c1-4-20-19(22-14-17-8-11-26-23-17)21-13-16-7-6-15(2)12-18(16)25-10-5-9-24-3/h6-8,11-12H,4-5,9-10,13-14H2,1-3H3,(H2,20,21,22). The van der Waals surface area contributed by atoms with Crippen LogP contribution in [0.5, 0.6) is 5.75 Å². The van der Waals surface area contributed by atoms with Crippen molar-refractivity contribution in [1.82, 2.24) is 15.8 Å². The number of benzene rings is 1. The molecule has 2 rings (SSSR count). The van der Waals surface area contributed by atoms with Gasteiger partial charge in [-0.25, -0.2) is 4.99 Å². The van der Waals surface area contributed by atoms with Crippen molar-refractivity contribution in [3.63, 3.8) is 0 Å². The molecule has 0 saturated carbocycles. The molecule has 0 saturated heterocycles. The first-order valence-electron chi connectivity index (χ1n) is 8.85. The van der Waals surface area contributed by atoms with Crippen LogP contribution in [0.4, 0.5) is 0 Å². The molecule has 1 heterocycles. The summed E-state index contributed by atoms with van der Waals surface area (Å²) >= 11 is 0. The van der Waals surface area contributed by atoms with Crippen molar-refractivity contribution in [1.29, 1.82) is 0 Å². The molecular formula is C19H28N4O3. The smallest absolute Gasteiger partial charge is 0.191 e. The quantitative estimate of drug-likeness (QED) is 0.385. The van der Waals surface area contributed by atoms with Gasteiger partial charge in [0.1, 0.15) is 17.7 Å². The third kappa shape index (κ3) is 6.76. The van der Waals surface area contributed by atoms with Gasteiger partial charge in [0, 0.05) is 38.3 Å². The maximum atomic E-state index is 5.92. The summed E-state index contributed by atoms with van der Waals surface area (Å²) in [5.74, 6) is 1.60. The van der Waals surface area contributed by atoms with E-state index in [0.29, 0.717) is 26.3 Å². The van der Waals surface area contributed by atoms with Crippen LogP contribution in [0.15, 0.2) is 40.0 Å². The Morgan fingerprint density at radius 1 is 1.23 bits per heavy atom. The van der Waals surface area contributed by atoms with Gasteiger partial charge < -0.3 is 24.6 Å². The number of aromatic nitrogens is 1. The molecule has 0 atom stereocenters. The zero-order valence-electron chi connectivity index (χ0n) is 15.7. The molecule has 0 radical (unpaired) electrons. The molecule has 26 heavy (non-hydrogen) atoms.